The van der Waals surface area contributed by atoms with Gasteiger partial charge >= 0.3 is 6.03 Å². The molecule has 5 heteroatoms. The number of hydrogen-bond acceptors (Lipinski definition) is 2. The maximum Gasteiger partial charge on any atom is 0.319 e. The van der Waals surface area contributed by atoms with Crippen LogP contribution in [0.4, 0.5) is 16.2 Å². The Hall–Kier alpha value is -2.04. The van der Waals surface area contributed by atoms with Gasteiger partial charge in [0.05, 0.1) is 0 Å². The van der Waals surface area contributed by atoms with E-state index in [4.69, 9.17) is 0 Å². The maximum absolute atomic E-state index is 12.2. The molecule has 0 radical (unpaired) electrons. The van der Waals surface area contributed by atoms with Crippen molar-refractivity contribution < 1.29 is 9.59 Å². The molecule has 1 aliphatic rings. The first-order valence-electron chi connectivity index (χ1n) is 7.94. The van der Waals surface area contributed by atoms with E-state index in [2.05, 4.69) is 10.6 Å². The van der Waals surface area contributed by atoms with Crippen LogP contribution in [0.3, 0.4) is 0 Å². The van der Waals surface area contributed by atoms with Gasteiger partial charge in [0, 0.05) is 29.9 Å². The monoisotopic (exact) mass is 303 g/mol. The molecular weight excluding hydrogens is 278 g/mol. The molecule has 2 rings (SSSR count). The molecule has 0 saturated heterocycles. The summed E-state index contributed by atoms with van der Waals surface area (Å²) in [4.78, 5) is 25.9. The van der Waals surface area contributed by atoms with E-state index in [0.717, 1.165) is 36.3 Å². The predicted octanol–water partition coefficient (Wildman–Crippen LogP) is 3.15. The van der Waals surface area contributed by atoms with Crippen LogP contribution in [0.1, 0.15) is 39.7 Å². The highest BCUT2D eigenvalue weighted by molar-refractivity contribution is 5.97. The Kier molecular flexibility index (Phi) is 5.06. The highest BCUT2D eigenvalue weighted by Gasteiger charge is 2.26. The Morgan fingerprint density at radius 2 is 2.00 bits per heavy atom. The molecule has 1 unspecified atom stereocenters. The minimum Gasteiger partial charge on any atom is -0.335 e. The third kappa shape index (κ3) is 3.59. The summed E-state index contributed by atoms with van der Waals surface area (Å²) in [6, 6.07) is 5.68. The van der Waals surface area contributed by atoms with Crippen molar-refractivity contribution in [3.05, 3.63) is 23.8 Å². The zero-order chi connectivity index (χ0) is 16.3. The van der Waals surface area contributed by atoms with Crippen molar-refractivity contribution >= 4 is 23.3 Å². The quantitative estimate of drug-likeness (QED) is 0.897. The van der Waals surface area contributed by atoms with Gasteiger partial charge in [0.25, 0.3) is 0 Å². The van der Waals surface area contributed by atoms with Crippen molar-refractivity contribution in [3.8, 4) is 0 Å². The number of nitrogens with one attached hydrogen (secondary N) is 2. The van der Waals surface area contributed by atoms with Gasteiger partial charge in [0.2, 0.25) is 5.91 Å². The number of amides is 3. The molecule has 2 N–H and O–H groups in total. The van der Waals surface area contributed by atoms with Crippen molar-refractivity contribution in [2.45, 2.75) is 46.6 Å². The van der Waals surface area contributed by atoms with E-state index in [0.29, 0.717) is 0 Å². The molecule has 0 spiro atoms. The summed E-state index contributed by atoms with van der Waals surface area (Å²) >= 11 is 0. The van der Waals surface area contributed by atoms with Crippen LogP contribution in [0.2, 0.25) is 0 Å². The Balaban J connectivity index is 2.07. The minimum atomic E-state index is -0.192. The first-order chi connectivity index (χ1) is 10.4. The standard InChI is InChI=1S/C17H25N3O2/c1-5-12(4)18-17(22)19-14-6-7-15-13(10-14)8-9-20(15)16(21)11(2)3/h6-7,10-12H,5,8-9H2,1-4H3,(H2,18,19,22). The van der Waals surface area contributed by atoms with Gasteiger partial charge in [-0.2, -0.15) is 0 Å². The van der Waals surface area contributed by atoms with Crippen molar-refractivity contribution in [1.82, 2.24) is 5.32 Å². The molecule has 1 heterocycles. The topological polar surface area (TPSA) is 61.4 Å². The number of carbonyl (C=O) groups excluding carboxylic acids is 2. The van der Waals surface area contributed by atoms with Crippen molar-refractivity contribution in [1.29, 1.82) is 0 Å². The van der Waals surface area contributed by atoms with E-state index in [-0.39, 0.29) is 23.9 Å². The Bertz CT molecular complexity index is 569. The number of anilines is 2. The highest BCUT2D eigenvalue weighted by Crippen LogP contribution is 2.31. The molecule has 0 fully saturated rings. The van der Waals surface area contributed by atoms with Gasteiger partial charge in [0.1, 0.15) is 0 Å². The van der Waals surface area contributed by atoms with Gasteiger partial charge in [-0.1, -0.05) is 20.8 Å². The lowest BCUT2D eigenvalue weighted by Crippen LogP contribution is -2.35. The van der Waals surface area contributed by atoms with E-state index in [1.165, 1.54) is 0 Å². The van der Waals surface area contributed by atoms with Crippen LogP contribution in [-0.2, 0) is 11.2 Å². The first kappa shape index (κ1) is 16.3. The minimum absolute atomic E-state index is 0.00920. The Morgan fingerprint density at radius 1 is 1.27 bits per heavy atom. The van der Waals surface area contributed by atoms with Crippen LogP contribution in [0.15, 0.2) is 18.2 Å². The third-order valence-corrected chi connectivity index (χ3v) is 3.98. The van der Waals surface area contributed by atoms with Crippen LogP contribution in [-0.4, -0.2) is 24.5 Å². The van der Waals surface area contributed by atoms with E-state index in [9.17, 15) is 9.59 Å². The average molecular weight is 303 g/mol. The van der Waals surface area contributed by atoms with Gasteiger partial charge in [-0.3, -0.25) is 4.79 Å². The zero-order valence-electron chi connectivity index (χ0n) is 13.8. The number of fused-ring (bicyclic) bond motifs is 1. The molecule has 5 nitrogen and oxygen atoms in total. The molecule has 1 aliphatic heterocycles. The molecule has 120 valence electrons. The van der Waals surface area contributed by atoms with Gasteiger partial charge in [-0.15, -0.1) is 0 Å². The van der Waals surface area contributed by atoms with Crippen molar-refractivity contribution in [2.75, 3.05) is 16.8 Å². The van der Waals surface area contributed by atoms with Crippen molar-refractivity contribution in [3.63, 3.8) is 0 Å². The summed E-state index contributed by atoms with van der Waals surface area (Å²) in [7, 11) is 0. The summed E-state index contributed by atoms with van der Waals surface area (Å²) < 4.78 is 0. The van der Waals surface area contributed by atoms with E-state index >= 15 is 0 Å². The van der Waals surface area contributed by atoms with Crippen LogP contribution in [0, 0.1) is 5.92 Å². The number of hydrogen-bond donors (Lipinski definition) is 2. The van der Waals surface area contributed by atoms with Gasteiger partial charge in [-0.25, -0.2) is 4.79 Å². The number of nitrogens with zero attached hydrogens (tertiary/aromatic N) is 1. The Morgan fingerprint density at radius 3 is 2.64 bits per heavy atom. The van der Waals surface area contributed by atoms with Crippen LogP contribution >= 0.6 is 0 Å². The number of rotatable bonds is 4. The second kappa shape index (κ2) is 6.81. The third-order valence-electron chi connectivity index (χ3n) is 3.98. The summed E-state index contributed by atoms with van der Waals surface area (Å²) in [5.41, 5.74) is 2.83. The molecule has 0 aliphatic carbocycles. The fourth-order valence-corrected chi connectivity index (χ4v) is 2.51. The molecule has 0 aromatic heterocycles. The van der Waals surface area contributed by atoms with Crippen LogP contribution in [0.5, 0.6) is 0 Å². The zero-order valence-corrected chi connectivity index (χ0v) is 13.8. The van der Waals surface area contributed by atoms with Gasteiger partial charge in [-0.05, 0) is 43.5 Å². The largest absolute Gasteiger partial charge is 0.335 e. The van der Waals surface area contributed by atoms with Crippen LogP contribution < -0.4 is 15.5 Å². The fraction of sp³-hybridized carbons (Fsp3) is 0.529. The number of benzene rings is 1. The van der Waals surface area contributed by atoms with E-state index in [1.54, 1.807) is 0 Å². The predicted molar refractivity (Wildman–Crippen MR) is 89.2 cm³/mol. The summed E-state index contributed by atoms with van der Waals surface area (Å²) in [6.07, 6.45) is 1.72. The molecule has 3 amide bonds. The molecule has 1 atom stereocenters. The van der Waals surface area contributed by atoms with Gasteiger partial charge in [0.15, 0.2) is 0 Å². The lowest BCUT2D eigenvalue weighted by molar-refractivity contribution is -0.121. The molecular formula is C17H25N3O2. The second-order valence-corrected chi connectivity index (χ2v) is 6.15. The molecule has 0 bridgehead atoms. The summed E-state index contributed by atoms with van der Waals surface area (Å²) in [6.45, 7) is 8.54. The Labute approximate surface area is 132 Å². The first-order valence-corrected chi connectivity index (χ1v) is 7.94. The second-order valence-electron chi connectivity index (χ2n) is 6.15. The smallest absolute Gasteiger partial charge is 0.319 e. The number of urea groups is 1. The lowest BCUT2D eigenvalue weighted by Gasteiger charge is -2.20. The van der Waals surface area contributed by atoms with E-state index < -0.39 is 0 Å². The normalized spacial score (nSPS) is 14.7. The molecule has 1 aromatic carbocycles. The van der Waals surface area contributed by atoms with Crippen LogP contribution in [0.25, 0.3) is 0 Å². The SMILES string of the molecule is CCC(C)NC(=O)Nc1ccc2c(c1)CCN2C(=O)C(C)C. The maximum atomic E-state index is 12.2. The molecule has 1 aromatic rings. The lowest BCUT2D eigenvalue weighted by atomic mass is 10.1. The summed E-state index contributed by atoms with van der Waals surface area (Å²) in [5, 5.41) is 5.72. The number of carbonyl (C=O) groups is 2. The van der Waals surface area contributed by atoms with Gasteiger partial charge < -0.3 is 15.5 Å². The fourth-order valence-electron chi connectivity index (χ4n) is 2.51. The average Bonchev–Trinajstić information content (AvgIpc) is 2.88. The van der Waals surface area contributed by atoms with E-state index in [1.807, 2.05) is 50.8 Å². The molecule has 0 saturated carbocycles. The highest BCUT2D eigenvalue weighted by atomic mass is 16.2. The van der Waals surface area contributed by atoms with Crippen molar-refractivity contribution in [2.24, 2.45) is 5.92 Å². The molecule has 22 heavy (non-hydrogen) atoms. The summed E-state index contributed by atoms with van der Waals surface area (Å²) in [5.74, 6) is 0.138.